The van der Waals surface area contributed by atoms with Gasteiger partial charge in [0.2, 0.25) is 0 Å². The molecule has 6 nitrogen and oxygen atoms in total. The van der Waals surface area contributed by atoms with Crippen molar-refractivity contribution in [1.82, 2.24) is 14.5 Å². The molecule has 3 aromatic rings. The maximum atomic E-state index is 14.0. The minimum absolute atomic E-state index is 0.0381. The normalized spacial score (nSPS) is 23.4. The van der Waals surface area contributed by atoms with E-state index in [1.54, 1.807) is 0 Å². The van der Waals surface area contributed by atoms with Crippen LogP contribution in [0, 0.1) is 5.92 Å². The molecule has 1 aromatic heterocycles. The first-order valence-corrected chi connectivity index (χ1v) is 12.9. The Bertz CT molecular complexity index is 1250. The molecule has 2 bridgehead atoms. The molecule has 0 saturated carbocycles. The van der Waals surface area contributed by atoms with Crippen LogP contribution in [-0.2, 0) is 11.3 Å². The number of benzene rings is 2. The highest BCUT2D eigenvalue weighted by molar-refractivity contribution is 6.30. The van der Waals surface area contributed by atoms with Crippen LogP contribution in [0.3, 0.4) is 0 Å². The van der Waals surface area contributed by atoms with Gasteiger partial charge < -0.3 is 14.5 Å². The van der Waals surface area contributed by atoms with Crippen molar-refractivity contribution < 1.29 is 4.74 Å². The maximum Gasteiger partial charge on any atom is 0.261 e. The summed E-state index contributed by atoms with van der Waals surface area (Å²) in [5, 5.41) is 1.35. The van der Waals surface area contributed by atoms with Gasteiger partial charge in [0.1, 0.15) is 5.82 Å². The van der Waals surface area contributed by atoms with Gasteiger partial charge in [-0.05, 0) is 61.9 Å². The predicted molar refractivity (Wildman–Crippen MR) is 137 cm³/mol. The van der Waals surface area contributed by atoms with Gasteiger partial charge in [-0.15, -0.1) is 0 Å². The van der Waals surface area contributed by atoms with Gasteiger partial charge in [0, 0.05) is 68.3 Å². The van der Waals surface area contributed by atoms with E-state index in [1.165, 1.54) is 25.9 Å². The van der Waals surface area contributed by atoms with E-state index < -0.39 is 0 Å². The zero-order chi connectivity index (χ0) is 23.1. The average Bonchev–Trinajstić information content (AvgIpc) is 3.20. The van der Waals surface area contributed by atoms with Crippen LogP contribution < -0.4 is 10.5 Å². The van der Waals surface area contributed by atoms with Crippen molar-refractivity contribution >= 4 is 28.2 Å². The predicted octanol–water partition coefficient (Wildman–Crippen LogP) is 4.43. The fourth-order valence-electron chi connectivity index (χ4n) is 5.82. The van der Waals surface area contributed by atoms with Gasteiger partial charge in [-0.1, -0.05) is 23.7 Å². The number of hydrogen-bond donors (Lipinski definition) is 0. The van der Waals surface area contributed by atoms with E-state index in [0.717, 1.165) is 55.9 Å². The molecule has 5 heterocycles. The van der Waals surface area contributed by atoms with Crippen LogP contribution in [0.15, 0.2) is 47.3 Å². The first-order chi connectivity index (χ1) is 16.7. The van der Waals surface area contributed by atoms with Crippen LogP contribution >= 0.6 is 11.6 Å². The molecule has 0 atom stereocenters. The second-order valence-corrected chi connectivity index (χ2v) is 10.3. The molecule has 0 aliphatic carbocycles. The van der Waals surface area contributed by atoms with Crippen molar-refractivity contribution in [1.29, 1.82) is 0 Å². The molecule has 0 amide bonds. The highest BCUT2D eigenvalue weighted by Gasteiger charge is 2.29. The van der Waals surface area contributed by atoms with E-state index in [0.29, 0.717) is 34.7 Å². The van der Waals surface area contributed by atoms with Crippen LogP contribution in [0.1, 0.15) is 25.7 Å². The molecule has 2 aromatic carbocycles. The van der Waals surface area contributed by atoms with E-state index >= 15 is 0 Å². The van der Waals surface area contributed by atoms with E-state index in [2.05, 4.69) is 21.9 Å². The minimum Gasteiger partial charge on any atom is -0.381 e. The molecule has 0 spiro atoms. The third-order valence-electron chi connectivity index (χ3n) is 7.79. The van der Waals surface area contributed by atoms with Gasteiger partial charge in [0.25, 0.3) is 5.56 Å². The van der Waals surface area contributed by atoms with Crippen molar-refractivity contribution in [2.45, 2.75) is 38.3 Å². The fourth-order valence-corrected chi connectivity index (χ4v) is 6.01. The van der Waals surface area contributed by atoms with Crippen LogP contribution in [0.25, 0.3) is 22.3 Å². The first kappa shape index (κ1) is 22.1. The largest absolute Gasteiger partial charge is 0.381 e. The first-order valence-electron chi connectivity index (χ1n) is 12.5. The molecule has 0 N–H and O–H groups in total. The van der Waals surface area contributed by atoms with Crippen LogP contribution in [0.2, 0.25) is 5.02 Å². The summed E-state index contributed by atoms with van der Waals surface area (Å²) in [7, 11) is 0. The highest BCUT2D eigenvalue weighted by atomic mass is 35.5. The lowest BCUT2D eigenvalue weighted by Crippen LogP contribution is -2.38. The van der Waals surface area contributed by atoms with E-state index in [9.17, 15) is 4.79 Å². The topological polar surface area (TPSA) is 50.6 Å². The SMILES string of the molecule is O=c1c2cc(N3CCN4CCC3CC4)ccc2nc(-c2cccc(Cl)c2)n1CC1CCOCC1. The molecule has 4 aliphatic heterocycles. The summed E-state index contributed by atoms with van der Waals surface area (Å²) in [5.41, 5.74) is 2.81. The van der Waals surface area contributed by atoms with Gasteiger partial charge in [0.05, 0.1) is 10.9 Å². The molecule has 178 valence electrons. The summed E-state index contributed by atoms with van der Waals surface area (Å²) in [6.07, 6.45) is 4.31. The molecule has 4 aliphatic rings. The number of aromatic nitrogens is 2. The molecular formula is C27H31ClN4O2. The fraction of sp³-hybridized carbons (Fsp3) is 0.481. The summed E-state index contributed by atoms with van der Waals surface area (Å²) in [5.74, 6) is 1.10. The second kappa shape index (κ2) is 9.33. The molecule has 7 heteroatoms. The Morgan fingerprint density at radius 3 is 2.59 bits per heavy atom. The van der Waals surface area contributed by atoms with E-state index in [4.69, 9.17) is 21.3 Å². The number of nitrogens with zero attached hydrogens (tertiary/aromatic N) is 4. The quantitative estimate of drug-likeness (QED) is 0.555. The Morgan fingerprint density at radius 1 is 0.971 bits per heavy atom. The van der Waals surface area contributed by atoms with Crippen LogP contribution in [-0.4, -0.2) is 59.9 Å². The maximum absolute atomic E-state index is 14.0. The van der Waals surface area contributed by atoms with Crippen LogP contribution in [0.4, 0.5) is 5.69 Å². The number of piperidine rings is 1. The Labute approximate surface area is 205 Å². The molecule has 7 rings (SSSR count). The molecule has 0 unspecified atom stereocenters. The summed E-state index contributed by atoms with van der Waals surface area (Å²) in [6, 6.07) is 14.5. The third-order valence-corrected chi connectivity index (χ3v) is 8.02. The molecule has 0 radical (unpaired) electrons. The van der Waals surface area contributed by atoms with E-state index in [1.807, 2.05) is 34.9 Å². The zero-order valence-corrected chi connectivity index (χ0v) is 20.2. The Morgan fingerprint density at radius 2 is 1.79 bits per heavy atom. The smallest absolute Gasteiger partial charge is 0.261 e. The second-order valence-electron chi connectivity index (χ2n) is 9.88. The van der Waals surface area contributed by atoms with Crippen molar-refractivity contribution in [2.24, 2.45) is 5.92 Å². The highest BCUT2D eigenvalue weighted by Crippen LogP contribution is 2.30. The number of fused-ring (bicyclic) bond motifs is 5. The third kappa shape index (κ3) is 4.23. The number of anilines is 1. The lowest BCUT2D eigenvalue weighted by molar-refractivity contribution is 0.0611. The molecular weight excluding hydrogens is 448 g/mol. The Balaban J connectivity index is 1.46. The molecule has 34 heavy (non-hydrogen) atoms. The Kier molecular flexibility index (Phi) is 6.06. The number of ether oxygens (including phenoxy) is 1. The summed E-state index contributed by atoms with van der Waals surface area (Å²) in [4.78, 5) is 24.1. The number of hydrogen-bond acceptors (Lipinski definition) is 5. The monoisotopic (exact) mass is 478 g/mol. The van der Waals surface area contributed by atoms with Crippen molar-refractivity contribution in [3.05, 3.63) is 57.8 Å². The summed E-state index contributed by atoms with van der Waals surface area (Å²) >= 11 is 6.31. The van der Waals surface area contributed by atoms with Crippen molar-refractivity contribution in [3.8, 4) is 11.4 Å². The number of rotatable bonds is 4. The summed E-state index contributed by atoms with van der Waals surface area (Å²) in [6.45, 7) is 6.62. The molecule has 4 fully saturated rings. The van der Waals surface area contributed by atoms with Crippen molar-refractivity contribution in [2.75, 3.05) is 44.3 Å². The van der Waals surface area contributed by atoms with Gasteiger partial charge >= 0.3 is 0 Å². The van der Waals surface area contributed by atoms with E-state index in [-0.39, 0.29) is 5.56 Å². The standard InChI is InChI=1S/C27H31ClN4O2/c28-21-3-1-2-20(16-21)26-29-25-5-4-23(31-13-12-30-10-6-22(31)7-11-30)17-24(25)27(33)32(26)18-19-8-14-34-15-9-19/h1-5,16-17,19,22H,6-15,18H2. The Hall–Kier alpha value is -2.41. The average molecular weight is 479 g/mol. The lowest BCUT2D eigenvalue weighted by Gasteiger charge is -2.33. The summed E-state index contributed by atoms with van der Waals surface area (Å²) < 4.78 is 7.44. The minimum atomic E-state index is 0.0381. The molecule has 4 saturated heterocycles. The lowest BCUT2D eigenvalue weighted by atomic mass is 10.00. The van der Waals surface area contributed by atoms with Gasteiger partial charge in [-0.3, -0.25) is 9.36 Å². The van der Waals surface area contributed by atoms with Gasteiger partial charge in [0.15, 0.2) is 0 Å². The number of halogens is 1. The zero-order valence-electron chi connectivity index (χ0n) is 19.5. The van der Waals surface area contributed by atoms with Gasteiger partial charge in [-0.25, -0.2) is 4.98 Å². The van der Waals surface area contributed by atoms with Gasteiger partial charge in [-0.2, -0.15) is 0 Å². The van der Waals surface area contributed by atoms with Crippen LogP contribution in [0.5, 0.6) is 0 Å². The van der Waals surface area contributed by atoms with Crippen molar-refractivity contribution in [3.63, 3.8) is 0 Å².